The summed E-state index contributed by atoms with van der Waals surface area (Å²) in [7, 11) is 3.99. The summed E-state index contributed by atoms with van der Waals surface area (Å²) in [6, 6.07) is 13.5. The molecule has 3 aromatic rings. The summed E-state index contributed by atoms with van der Waals surface area (Å²) < 4.78 is 5.95. The van der Waals surface area contributed by atoms with Gasteiger partial charge in [-0.25, -0.2) is 0 Å². The van der Waals surface area contributed by atoms with Crippen LogP contribution in [0.15, 0.2) is 52.9 Å². The number of fused-ring (bicyclic) bond motifs is 1. The number of furan rings is 1. The summed E-state index contributed by atoms with van der Waals surface area (Å²) in [4.78, 5) is 29.5. The molecule has 1 aliphatic rings. The highest BCUT2D eigenvalue weighted by molar-refractivity contribution is 6.42. The highest BCUT2D eigenvalue weighted by Gasteiger charge is 2.25. The summed E-state index contributed by atoms with van der Waals surface area (Å²) in [5, 5.41) is 0.727. The van der Waals surface area contributed by atoms with Crippen molar-refractivity contribution in [3.05, 3.63) is 92.4 Å². The van der Waals surface area contributed by atoms with Gasteiger partial charge in [0, 0.05) is 23.2 Å². The first-order valence-electron chi connectivity index (χ1n) is 9.96. The van der Waals surface area contributed by atoms with Gasteiger partial charge in [0.15, 0.2) is 5.78 Å². The zero-order valence-electron chi connectivity index (χ0n) is 17.3. The highest BCUT2D eigenvalue weighted by Crippen LogP contribution is 2.26. The molecule has 7 heteroatoms. The van der Waals surface area contributed by atoms with Crippen LogP contribution in [-0.2, 0) is 19.5 Å². The number of ketones is 1. The van der Waals surface area contributed by atoms with Gasteiger partial charge in [0.05, 0.1) is 23.1 Å². The van der Waals surface area contributed by atoms with Crippen LogP contribution in [0.5, 0.6) is 0 Å². The molecule has 2 heterocycles. The van der Waals surface area contributed by atoms with E-state index in [0.29, 0.717) is 39.8 Å². The predicted molar refractivity (Wildman–Crippen MR) is 121 cm³/mol. The molecule has 0 saturated carbocycles. The Morgan fingerprint density at radius 1 is 0.968 bits per heavy atom. The predicted octanol–water partition coefficient (Wildman–Crippen LogP) is 5.08. The molecular formula is C24H22Cl2N2O3. The van der Waals surface area contributed by atoms with Crippen LogP contribution in [0.1, 0.15) is 43.4 Å². The van der Waals surface area contributed by atoms with E-state index in [1.54, 1.807) is 47.4 Å². The van der Waals surface area contributed by atoms with Crippen molar-refractivity contribution < 1.29 is 14.0 Å². The molecule has 0 unspecified atom stereocenters. The Balaban J connectivity index is 1.46. The van der Waals surface area contributed by atoms with Crippen LogP contribution in [-0.4, -0.2) is 42.1 Å². The maximum atomic E-state index is 13.0. The molecule has 0 saturated heterocycles. The van der Waals surface area contributed by atoms with Crippen molar-refractivity contribution in [3.63, 3.8) is 0 Å². The van der Waals surface area contributed by atoms with Crippen LogP contribution >= 0.6 is 23.2 Å². The number of nitrogens with zero attached hydrogens (tertiary/aromatic N) is 2. The van der Waals surface area contributed by atoms with E-state index in [9.17, 15) is 9.59 Å². The van der Waals surface area contributed by atoms with Gasteiger partial charge in [0.1, 0.15) is 11.5 Å². The van der Waals surface area contributed by atoms with E-state index in [4.69, 9.17) is 27.6 Å². The lowest BCUT2D eigenvalue weighted by Crippen LogP contribution is -2.35. The van der Waals surface area contributed by atoms with E-state index in [1.807, 2.05) is 19.0 Å². The fourth-order valence-electron chi connectivity index (χ4n) is 3.70. The molecule has 5 nitrogen and oxygen atoms in total. The second-order valence-electron chi connectivity index (χ2n) is 7.91. The van der Waals surface area contributed by atoms with E-state index < -0.39 is 0 Å². The van der Waals surface area contributed by atoms with E-state index in [2.05, 4.69) is 6.07 Å². The van der Waals surface area contributed by atoms with E-state index in [0.717, 1.165) is 24.5 Å². The van der Waals surface area contributed by atoms with Gasteiger partial charge in [-0.15, -0.1) is 0 Å². The molecule has 0 bridgehead atoms. The molecule has 160 valence electrons. The first kappa shape index (κ1) is 21.6. The zero-order valence-corrected chi connectivity index (χ0v) is 18.8. The Morgan fingerprint density at radius 2 is 1.65 bits per heavy atom. The lowest BCUT2D eigenvalue weighted by Gasteiger charge is -2.26. The largest absolute Gasteiger partial charge is 0.463 e. The van der Waals surface area contributed by atoms with Crippen molar-refractivity contribution in [3.8, 4) is 0 Å². The molecular weight excluding hydrogens is 435 g/mol. The number of amides is 1. The minimum Gasteiger partial charge on any atom is -0.463 e. The van der Waals surface area contributed by atoms with Crippen LogP contribution in [0.4, 0.5) is 0 Å². The molecule has 1 aliphatic heterocycles. The number of hydrogen-bond donors (Lipinski definition) is 0. The Kier molecular flexibility index (Phi) is 6.19. The van der Waals surface area contributed by atoms with E-state index in [1.165, 1.54) is 5.56 Å². The standard InChI is InChI=1S/C24H22Cl2N2O3/c1-27(2)13-19-11-17-9-10-28(14-22(17)31-19)24(30)16-5-3-15(4-6-16)23(29)18-7-8-20(25)21(26)12-18/h3-8,11-12H,9-10,13-14H2,1-2H3. The maximum Gasteiger partial charge on any atom is 0.254 e. The molecule has 2 aromatic carbocycles. The molecule has 4 rings (SSSR count). The molecule has 0 aliphatic carbocycles. The van der Waals surface area contributed by atoms with Crippen LogP contribution in [0.2, 0.25) is 10.0 Å². The molecule has 1 aromatic heterocycles. The lowest BCUT2D eigenvalue weighted by molar-refractivity contribution is 0.0718. The number of carbonyl (C=O) groups excluding carboxylic acids is 2. The van der Waals surface area contributed by atoms with Crippen LogP contribution in [0, 0.1) is 0 Å². The summed E-state index contributed by atoms with van der Waals surface area (Å²) >= 11 is 11.9. The van der Waals surface area contributed by atoms with Gasteiger partial charge < -0.3 is 14.2 Å². The minimum absolute atomic E-state index is 0.0789. The van der Waals surface area contributed by atoms with Gasteiger partial charge >= 0.3 is 0 Å². The molecule has 0 N–H and O–H groups in total. The van der Waals surface area contributed by atoms with Crippen molar-refractivity contribution in [2.45, 2.75) is 19.5 Å². The Bertz CT molecular complexity index is 1140. The third kappa shape index (κ3) is 4.69. The molecule has 31 heavy (non-hydrogen) atoms. The van der Waals surface area contributed by atoms with Crippen LogP contribution in [0.25, 0.3) is 0 Å². The highest BCUT2D eigenvalue weighted by atomic mass is 35.5. The zero-order chi connectivity index (χ0) is 22.1. The van der Waals surface area contributed by atoms with Crippen molar-refractivity contribution >= 4 is 34.9 Å². The SMILES string of the molecule is CN(C)Cc1cc2c(o1)CN(C(=O)c1ccc(C(=O)c3ccc(Cl)c(Cl)c3)cc1)CC2. The Hall–Kier alpha value is -2.60. The molecule has 1 amide bonds. The van der Waals surface area contributed by atoms with Crippen LogP contribution < -0.4 is 0 Å². The average Bonchev–Trinajstić information content (AvgIpc) is 3.15. The van der Waals surface area contributed by atoms with Gasteiger partial charge in [-0.2, -0.15) is 0 Å². The van der Waals surface area contributed by atoms with E-state index >= 15 is 0 Å². The molecule has 0 spiro atoms. The van der Waals surface area contributed by atoms with Crippen molar-refractivity contribution in [1.82, 2.24) is 9.80 Å². The second-order valence-corrected chi connectivity index (χ2v) is 8.73. The number of carbonyl (C=O) groups is 2. The summed E-state index contributed by atoms with van der Waals surface area (Å²) in [5.74, 6) is 1.51. The lowest BCUT2D eigenvalue weighted by atomic mass is 10.0. The number of halogens is 2. The first-order chi connectivity index (χ1) is 14.8. The second kappa shape index (κ2) is 8.87. The number of benzene rings is 2. The third-order valence-electron chi connectivity index (χ3n) is 5.27. The van der Waals surface area contributed by atoms with Gasteiger partial charge in [0.25, 0.3) is 5.91 Å². The van der Waals surface area contributed by atoms with Gasteiger partial charge in [-0.1, -0.05) is 35.3 Å². The van der Waals surface area contributed by atoms with Gasteiger partial charge in [0.2, 0.25) is 0 Å². The Labute approximate surface area is 191 Å². The van der Waals surface area contributed by atoms with Crippen molar-refractivity contribution in [1.29, 1.82) is 0 Å². The number of rotatable bonds is 5. The van der Waals surface area contributed by atoms with E-state index in [-0.39, 0.29) is 11.7 Å². The quantitative estimate of drug-likeness (QED) is 0.502. The smallest absolute Gasteiger partial charge is 0.254 e. The Morgan fingerprint density at radius 3 is 2.32 bits per heavy atom. The molecule has 0 radical (unpaired) electrons. The van der Waals surface area contributed by atoms with Crippen LogP contribution in [0.3, 0.4) is 0 Å². The fourth-order valence-corrected chi connectivity index (χ4v) is 3.99. The summed E-state index contributed by atoms with van der Waals surface area (Å²) in [6.45, 7) is 1.82. The maximum absolute atomic E-state index is 13.0. The molecule has 0 atom stereocenters. The first-order valence-corrected chi connectivity index (χ1v) is 10.7. The normalized spacial score (nSPS) is 13.4. The van der Waals surface area contributed by atoms with Gasteiger partial charge in [-0.05, 0) is 62.5 Å². The summed E-state index contributed by atoms with van der Waals surface area (Å²) in [6.07, 6.45) is 0.770. The monoisotopic (exact) mass is 456 g/mol. The summed E-state index contributed by atoms with van der Waals surface area (Å²) in [5.41, 5.74) is 2.64. The average molecular weight is 457 g/mol. The van der Waals surface area contributed by atoms with Gasteiger partial charge in [-0.3, -0.25) is 9.59 Å². The topological polar surface area (TPSA) is 53.8 Å². The van der Waals surface area contributed by atoms with Crippen molar-refractivity contribution in [2.75, 3.05) is 20.6 Å². The molecule has 0 fully saturated rings. The number of hydrogen-bond acceptors (Lipinski definition) is 4. The van der Waals surface area contributed by atoms with Crippen molar-refractivity contribution in [2.24, 2.45) is 0 Å². The third-order valence-corrected chi connectivity index (χ3v) is 6.01. The fraction of sp³-hybridized carbons (Fsp3) is 0.250. The minimum atomic E-state index is -0.177.